The molecule has 2 aliphatic heterocycles. The van der Waals surface area contributed by atoms with Gasteiger partial charge in [0.25, 0.3) is 11.5 Å². The average molecular weight is 528 g/mol. The predicted octanol–water partition coefficient (Wildman–Crippen LogP) is 6.32. The normalized spacial score (nSPS) is 23.5. The maximum Gasteiger partial charge on any atom is 0.294 e. The van der Waals surface area contributed by atoms with E-state index in [0.717, 1.165) is 65.5 Å². The highest BCUT2D eigenvalue weighted by Gasteiger charge is 2.44. The van der Waals surface area contributed by atoms with Gasteiger partial charge in [-0.15, -0.1) is 10.2 Å². The van der Waals surface area contributed by atoms with Crippen molar-refractivity contribution in [3.05, 3.63) is 74.7 Å². The molecule has 8 heteroatoms. The number of unbranched alkanes of at least 4 members (excludes halogenated alkanes) is 1. The Hall–Kier alpha value is -3.68. The van der Waals surface area contributed by atoms with Crippen LogP contribution in [0, 0.1) is 5.92 Å². The highest BCUT2D eigenvalue weighted by Crippen LogP contribution is 2.48. The van der Waals surface area contributed by atoms with Gasteiger partial charge < -0.3 is 14.6 Å². The number of rotatable bonds is 7. The van der Waals surface area contributed by atoms with Crippen LogP contribution in [0.2, 0.25) is 0 Å². The van der Waals surface area contributed by atoms with Crippen LogP contribution in [-0.4, -0.2) is 37.5 Å². The molecule has 4 heterocycles. The molecule has 0 radical (unpaired) electrons. The number of aromatic nitrogens is 4. The second-order valence-electron chi connectivity index (χ2n) is 11.2. The molecule has 1 aliphatic carbocycles. The largest absolute Gasteiger partial charge is 0.501 e. The van der Waals surface area contributed by atoms with Gasteiger partial charge in [0.15, 0.2) is 0 Å². The van der Waals surface area contributed by atoms with Gasteiger partial charge in [-0.3, -0.25) is 14.0 Å². The van der Waals surface area contributed by atoms with Gasteiger partial charge in [0.2, 0.25) is 5.65 Å². The van der Waals surface area contributed by atoms with Crippen LogP contribution in [0.4, 0.5) is 0 Å². The molecule has 3 aliphatic rings. The number of allylic oxidation sites excluding steroid dienone is 4. The molecule has 8 nitrogen and oxygen atoms in total. The summed E-state index contributed by atoms with van der Waals surface area (Å²) in [7, 11) is 1.67. The van der Waals surface area contributed by atoms with E-state index >= 15 is 0 Å². The summed E-state index contributed by atoms with van der Waals surface area (Å²) in [6, 6.07) is 3.84. The smallest absolute Gasteiger partial charge is 0.294 e. The van der Waals surface area contributed by atoms with Crippen molar-refractivity contribution >= 4 is 22.6 Å². The number of benzene rings is 1. The Bertz CT molecular complexity index is 1600. The summed E-state index contributed by atoms with van der Waals surface area (Å²) in [6.45, 7) is 6.34. The molecule has 39 heavy (non-hydrogen) atoms. The molecule has 6 rings (SSSR count). The lowest BCUT2D eigenvalue weighted by molar-refractivity contribution is 0.0809. The molecule has 1 aromatic carbocycles. The lowest BCUT2D eigenvalue weighted by Gasteiger charge is -2.26. The van der Waals surface area contributed by atoms with E-state index in [1.54, 1.807) is 7.11 Å². The number of hydrogen-bond donors (Lipinski definition) is 1. The number of nitrogens with zero attached hydrogens (tertiary/aromatic N) is 4. The van der Waals surface area contributed by atoms with Gasteiger partial charge in [0, 0.05) is 17.2 Å². The van der Waals surface area contributed by atoms with Gasteiger partial charge in [-0.2, -0.15) is 0 Å². The molecule has 0 saturated heterocycles. The fourth-order valence-corrected chi connectivity index (χ4v) is 6.65. The number of hydrogen-bond acceptors (Lipinski definition) is 5. The topological polar surface area (TPSA) is 92.6 Å². The second-order valence-corrected chi connectivity index (χ2v) is 11.2. The number of fused-ring (bicyclic) bond motifs is 6. The first-order valence-corrected chi connectivity index (χ1v) is 14.4. The van der Waals surface area contributed by atoms with Crippen molar-refractivity contribution in [2.75, 3.05) is 7.11 Å². The van der Waals surface area contributed by atoms with Crippen LogP contribution < -0.4 is 5.56 Å². The molecule has 1 saturated carbocycles. The number of methoxy groups -OCH3 is 1. The zero-order valence-electron chi connectivity index (χ0n) is 23.3. The second kappa shape index (κ2) is 10.1. The quantitative estimate of drug-likeness (QED) is 0.363. The molecule has 1 fully saturated rings. The SMILES string of the molecule is CCC/C=C/C1=C(/C=C(\C)OC)CC2c3cc4c(cc3C(=O)N12)[nH]c(=O)c1nnc(C2CCC(CC)CC2)n14. The fourth-order valence-electron chi connectivity index (χ4n) is 6.65. The third kappa shape index (κ3) is 4.21. The average Bonchev–Trinajstić information content (AvgIpc) is 3.61. The third-order valence-corrected chi connectivity index (χ3v) is 8.89. The molecule has 1 unspecified atom stereocenters. The van der Waals surface area contributed by atoms with Crippen molar-refractivity contribution in [2.24, 2.45) is 5.92 Å². The van der Waals surface area contributed by atoms with Gasteiger partial charge in [-0.05, 0) is 86.8 Å². The van der Waals surface area contributed by atoms with E-state index < -0.39 is 0 Å². The lowest BCUT2D eigenvalue weighted by Crippen LogP contribution is -2.22. The molecular weight excluding hydrogens is 490 g/mol. The first kappa shape index (κ1) is 25.6. The molecule has 1 N–H and O–H groups in total. The summed E-state index contributed by atoms with van der Waals surface area (Å²) in [4.78, 5) is 31.7. The first-order valence-electron chi connectivity index (χ1n) is 14.4. The summed E-state index contributed by atoms with van der Waals surface area (Å²) < 4.78 is 7.40. The van der Waals surface area contributed by atoms with Crippen LogP contribution in [0.25, 0.3) is 16.7 Å². The Kier molecular flexibility index (Phi) is 6.65. The van der Waals surface area contributed by atoms with Gasteiger partial charge >= 0.3 is 0 Å². The van der Waals surface area contributed by atoms with Gasteiger partial charge in [-0.1, -0.05) is 32.8 Å². The monoisotopic (exact) mass is 527 g/mol. The van der Waals surface area contributed by atoms with E-state index in [1.165, 1.54) is 19.3 Å². The Morgan fingerprint density at radius 2 is 1.95 bits per heavy atom. The van der Waals surface area contributed by atoms with E-state index in [2.05, 4.69) is 47.2 Å². The Balaban J connectivity index is 1.47. The predicted molar refractivity (Wildman–Crippen MR) is 151 cm³/mol. The molecular formula is C31H37N5O3. The maximum absolute atomic E-state index is 13.8. The number of amides is 1. The molecule has 2 aromatic heterocycles. The first-order chi connectivity index (χ1) is 18.9. The Morgan fingerprint density at radius 3 is 2.67 bits per heavy atom. The summed E-state index contributed by atoms with van der Waals surface area (Å²) in [5.74, 6) is 2.68. The van der Waals surface area contributed by atoms with Crippen LogP contribution in [0.5, 0.6) is 0 Å². The van der Waals surface area contributed by atoms with E-state index in [-0.39, 0.29) is 23.4 Å². The van der Waals surface area contributed by atoms with Gasteiger partial charge in [0.1, 0.15) is 5.82 Å². The minimum absolute atomic E-state index is 0.0330. The summed E-state index contributed by atoms with van der Waals surface area (Å²) in [6.07, 6.45) is 14.6. The number of H-pyrrole nitrogens is 1. The van der Waals surface area contributed by atoms with Crippen LogP contribution in [0.3, 0.4) is 0 Å². The minimum Gasteiger partial charge on any atom is -0.501 e. The van der Waals surface area contributed by atoms with E-state index in [9.17, 15) is 9.59 Å². The van der Waals surface area contributed by atoms with Crippen LogP contribution in [0.15, 0.2) is 52.2 Å². The number of carbonyl (C=O) groups excluding carboxylic acids is 1. The van der Waals surface area contributed by atoms with Crippen molar-refractivity contribution < 1.29 is 9.53 Å². The molecule has 204 valence electrons. The Labute approximate surface area is 228 Å². The van der Waals surface area contributed by atoms with Crippen molar-refractivity contribution in [3.8, 4) is 0 Å². The summed E-state index contributed by atoms with van der Waals surface area (Å²) in [5.41, 5.74) is 5.19. The van der Waals surface area contributed by atoms with E-state index in [4.69, 9.17) is 4.74 Å². The maximum atomic E-state index is 13.8. The minimum atomic E-state index is -0.278. The number of nitrogens with one attached hydrogen (secondary N) is 1. The summed E-state index contributed by atoms with van der Waals surface area (Å²) in [5, 5.41) is 8.86. The van der Waals surface area contributed by atoms with Gasteiger partial charge in [-0.25, -0.2) is 0 Å². The number of aromatic amines is 1. The summed E-state index contributed by atoms with van der Waals surface area (Å²) >= 11 is 0. The van der Waals surface area contributed by atoms with E-state index in [0.29, 0.717) is 23.1 Å². The van der Waals surface area contributed by atoms with Gasteiger partial charge in [0.05, 0.1) is 29.9 Å². The highest BCUT2D eigenvalue weighted by atomic mass is 16.5. The molecule has 1 atom stereocenters. The molecule has 0 bridgehead atoms. The molecule has 1 amide bonds. The van der Waals surface area contributed by atoms with Crippen LogP contribution in [0.1, 0.15) is 106 Å². The molecule has 3 aromatic rings. The van der Waals surface area contributed by atoms with Crippen LogP contribution in [-0.2, 0) is 4.74 Å². The Morgan fingerprint density at radius 1 is 1.15 bits per heavy atom. The number of carbonyl (C=O) groups is 1. The highest BCUT2D eigenvalue weighted by molar-refractivity contribution is 6.04. The van der Waals surface area contributed by atoms with Crippen LogP contribution >= 0.6 is 0 Å². The van der Waals surface area contributed by atoms with Crippen molar-refractivity contribution in [3.63, 3.8) is 0 Å². The van der Waals surface area contributed by atoms with Crippen molar-refractivity contribution in [2.45, 2.75) is 84.1 Å². The fraction of sp³-hybridized carbons (Fsp3) is 0.484. The van der Waals surface area contributed by atoms with Crippen molar-refractivity contribution in [1.29, 1.82) is 0 Å². The zero-order valence-corrected chi connectivity index (χ0v) is 23.3. The zero-order chi connectivity index (χ0) is 27.3. The standard InChI is InChI=1S/C31H37N5O3/c1-5-7-8-9-25-21(14-18(3)39-4)15-26-22-17-27-24(16-23(22)31(38)35(25)26)32-30(37)29-34-33-28(36(27)29)20-12-10-19(6-2)11-13-20/h8-9,14,16-17,19-20,26H,5-7,10-13,15H2,1-4H3,(H,32,37)/b9-8+,18-14+. The lowest BCUT2D eigenvalue weighted by atomic mass is 9.80. The van der Waals surface area contributed by atoms with Crippen molar-refractivity contribution in [1.82, 2.24) is 24.5 Å². The van der Waals surface area contributed by atoms with E-state index in [1.807, 2.05) is 28.4 Å². The number of ether oxygens (including phenoxy) is 1. The molecule has 0 spiro atoms. The third-order valence-electron chi connectivity index (χ3n) is 8.89.